The maximum atomic E-state index is 11.5. The zero-order chi connectivity index (χ0) is 17.3. The summed E-state index contributed by atoms with van der Waals surface area (Å²) in [6.07, 6.45) is 1.64. The molecule has 0 aliphatic carbocycles. The minimum Gasteiger partial charge on any atom is -0.296 e. The number of benzene rings is 2. The highest BCUT2D eigenvalue weighted by Gasteiger charge is 2.38. The fourth-order valence-electron chi connectivity index (χ4n) is 3.04. The molecule has 1 aliphatic heterocycles. The summed E-state index contributed by atoms with van der Waals surface area (Å²) in [5.41, 5.74) is 2.36. The van der Waals surface area contributed by atoms with Crippen molar-refractivity contribution in [1.82, 2.24) is 0 Å². The number of hydrogen-bond acceptors (Lipinski definition) is 3. The summed E-state index contributed by atoms with van der Waals surface area (Å²) in [5, 5.41) is 7.45. The Morgan fingerprint density at radius 2 is 1.92 bits per heavy atom. The second-order valence-electron chi connectivity index (χ2n) is 5.59. The number of carbonyl (C=O) groups is 1. The van der Waals surface area contributed by atoms with E-state index in [2.05, 4.69) is 28.0 Å². The van der Waals surface area contributed by atoms with Crippen molar-refractivity contribution in [3.05, 3.63) is 62.5 Å². The van der Waals surface area contributed by atoms with Crippen LogP contribution in [0.5, 0.6) is 0 Å². The van der Waals surface area contributed by atoms with Gasteiger partial charge in [-0.15, -0.1) is 0 Å². The van der Waals surface area contributed by atoms with E-state index < -0.39 is 0 Å². The molecule has 6 heteroatoms. The first-order valence-corrected chi connectivity index (χ1v) is 9.13. The van der Waals surface area contributed by atoms with Crippen molar-refractivity contribution >= 4 is 56.8 Å². The minimum atomic E-state index is -0.0815. The molecule has 0 saturated carbocycles. The standard InChI is InChI=1S/C18H15BrCl2N2O/c1-2-14-16(10-24)22-23(17-8-7-13(20)9-15(17)21)18(14)11-3-5-12(19)6-4-11/h3-10,14,18H,2H2,1H3/t14-,18-/m0/s1. The van der Waals surface area contributed by atoms with Gasteiger partial charge in [0.1, 0.15) is 5.71 Å². The predicted molar refractivity (Wildman–Crippen MR) is 103 cm³/mol. The van der Waals surface area contributed by atoms with Gasteiger partial charge in [0.2, 0.25) is 0 Å². The smallest absolute Gasteiger partial charge is 0.166 e. The first-order valence-electron chi connectivity index (χ1n) is 7.58. The molecular weight excluding hydrogens is 411 g/mol. The van der Waals surface area contributed by atoms with E-state index in [0.717, 1.165) is 28.4 Å². The van der Waals surface area contributed by atoms with Crippen molar-refractivity contribution in [3.63, 3.8) is 0 Å². The Balaban J connectivity index is 2.11. The molecule has 3 nitrogen and oxygen atoms in total. The van der Waals surface area contributed by atoms with Crippen LogP contribution < -0.4 is 5.01 Å². The van der Waals surface area contributed by atoms with E-state index in [1.807, 2.05) is 35.3 Å². The number of carbonyl (C=O) groups excluding carboxylic acids is 1. The Kier molecular flexibility index (Phi) is 5.28. The Morgan fingerprint density at radius 3 is 2.50 bits per heavy atom. The van der Waals surface area contributed by atoms with E-state index in [0.29, 0.717) is 15.8 Å². The fraction of sp³-hybridized carbons (Fsp3) is 0.222. The summed E-state index contributed by atoms with van der Waals surface area (Å²) in [7, 11) is 0. The van der Waals surface area contributed by atoms with E-state index >= 15 is 0 Å². The number of hydrazone groups is 1. The van der Waals surface area contributed by atoms with Gasteiger partial charge in [0, 0.05) is 15.4 Å². The number of halogens is 3. The number of hydrogen-bond donors (Lipinski definition) is 0. The van der Waals surface area contributed by atoms with E-state index in [-0.39, 0.29) is 12.0 Å². The van der Waals surface area contributed by atoms with Crippen LogP contribution in [0.15, 0.2) is 52.0 Å². The van der Waals surface area contributed by atoms with E-state index in [9.17, 15) is 4.79 Å². The maximum Gasteiger partial charge on any atom is 0.166 e. The van der Waals surface area contributed by atoms with Gasteiger partial charge in [-0.3, -0.25) is 9.80 Å². The van der Waals surface area contributed by atoms with Crippen LogP contribution in [-0.4, -0.2) is 12.0 Å². The third-order valence-corrected chi connectivity index (χ3v) is 5.24. The van der Waals surface area contributed by atoms with Gasteiger partial charge >= 0.3 is 0 Å². The molecule has 0 N–H and O–H groups in total. The second-order valence-corrected chi connectivity index (χ2v) is 7.35. The Labute approximate surface area is 159 Å². The highest BCUT2D eigenvalue weighted by atomic mass is 79.9. The number of anilines is 1. The summed E-state index contributed by atoms with van der Waals surface area (Å²) in [6, 6.07) is 13.3. The Bertz CT molecular complexity index is 792. The molecule has 0 aromatic heterocycles. The van der Waals surface area contributed by atoms with E-state index in [1.165, 1.54) is 0 Å². The van der Waals surface area contributed by atoms with Gasteiger partial charge in [-0.25, -0.2) is 0 Å². The molecule has 1 aliphatic rings. The molecule has 0 spiro atoms. The predicted octanol–water partition coefficient (Wildman–Crippen LogP) is 5.90. The van der Waals surface area contributed by atoms with E-state index in [4.69, 9.17) is 23.2 Å². The third kappa shape index (κ3) is 3.23. The van der Waals surface area contributed by atoms with Crippen molar-refractivity contribution in [3.8, 4) is 0 Å². The second kappa shape index (κ2) is 7.26. The van der Waals surface area contributed by atoms with Crippen molar-refractivity contribution in [2.75, 3.05) is 5.01 Å². The van der Waals surface area contributed by atoms with Crippen LogP contribution in [0.4, 0.5) is 5.69 Å². The van der Waals surface area contributed by atoms with Crippen LogP contribution in [0, 0.1) is 5.92 Å². The zero-order valence-corrected chi connectivity index (χ0v) is 16.0. The monoisotopic (exact) mass is 424 g/mol. The van der Waals surface area contributed by atoms with Crippen LogP contribution in [-0.2, 0) is 4.79 Å². The highest BCUT2D eigenvalue weighted by Crippen LogP contribution is 2.43. The molecule has 0 amide bonds. The summed E-state index contributed by atoms with van der Waals surface area (Å²) in [6.45, 7) is 2.06. The molecule has 2 aromatic rings. The molecule has 0 unspecified atom stereocenters. The van der Waals surface area contributed by atoms with Crippen LogP contribution in [0.2, 0.25) is 10.0 Å². The highest BCUT2D eigenvalue weighted by molar-refractivity contribution is 9.10. The quantitative estimate of drug-likeness (QED) is 0.571. The van der Waals surface area contributed by atoms with Crippen molar-refractivity contribution in [1.29, 1.82) is 0 Å². The SMILES string of the molecule is CC[C@H]1C(C=O)=NN(c2ccc(Cl)cc2Cl)[C@H]1c1ccc(Br)cc1. The average Bonchev–Trinajstić information content (AvgIpc) is 2.94. The molecular formula is C18H15BrCl2N2O. The summed E-state index contributed by atoms with van der Waals surface area (Å²) in [5.74, 6) is 0.00965. The number of nitrogens with zero attached hydrogens (tertiary/aromatic N) is 2. The van der Waals surface area contributed by atoms with Gasteiger partial charge in [-0.2, -0.15) is 5.10 Å². The van der Waals surface area contributed by atoms with Gasteiger partial charge in [-0.05, 0) is 42.3 Å². The van der Waals surface area contributed by atoms with Crippen LogP contribution in [0.25, 0.3) is 0 Å². The molecule has 3 rings (SSSR count). The van der Waals surface area contributed by atoms with Crippen LogP contribution in [0.3, 0.4) is 0 Å². The van der Waals surface area contributed by atoms with Gasteiger partial charge in [-0.1, -0.05) is 58.2 Å². The number of rotatable bonds is 4. The average molecular weight is 426 g/mol. The third-order valence-electron chi connectivity index (χ3n) is 4.18. The molecule has 2 aromatic carbocycles. The lowest BCUT2D eigenvalue weighted by Gasteiger charge is -2.28. The lowest BCUT2D eigenvalue weighted by Crippen LogP contribution is -2.25. The Hall–Kier alpha value is -1.36. The molecule has 1 heterocycles. The summed E-state index contributed by atoms with van der Waals surface area (Å²) >= 11 is 15.8. The summed E-state index contributed by atoms with van der Waals surface area (Å²) in [4.78, 5) is 11.5. The van der Waals surface area contributed by atoms with Crippen molar-refractivity contribution < 1.29 is 4.79 Å². The van der Waals surface area contributed by atoms with Crippen LogP contribution in [0.1, 0.15) is 24.9 Å². The Morgan fingerprint density at radius 1 is 1.21 bits per heavy atom. The van der Waals surface area contributed by atoms with E-state index in [1.54, 1.807) is 12.1 Å². The first-order chi connectivity index (χ1) is 11.5. The lowest BCUT2D eigenvalue weighted by molar-refractivity contribution is -0.102. The zero-order valence-electron chi connectivity index (χ0n) is 12.9. The molecule has 0 saturated heterocycles. The fourth-order valence-corrected chi connectivity index (χ4v) is 3.80. The maximum absolute atomic E-state index is 11.5. The summed E-state index contributed by atoms with van der Waals surface area (Å²) < 4.78 is 1.00. The van der Waals surface area contributed by atoms with Crippen molar-refractivity contribution in [2.24, 2.45) is 11.0 Å². The minimum absolute atomic E-state index is 0.00965. The first kappa shape index (κ1) is 17.5. The molecule has 0 radical (unpaired) electrons. The molecule has 2 atom stereocenters. The van der Waals surface area contributed by atoms with Crippen LogP contribution >= 0.6 is 39.1 Å². The largest absolute Gasteiger partial charge is 0.296 e. The normalized spacial score (nSPS) is 20.2. The molecule has 24 heavy (non-hydrogen) atoms. The van der Waals surface area contributed by atoms with Gasteiger partial charge in [0.15, 0.2) is 6.29 Å². The van der Waals surface area contributed by atoms with Gasteiger partial charge in [0.05, 0.1) is 16.8 Å². The number of aldehydes is 1. The van der Waals surface area contributed by atoms with Gasteiger partial charge < -0.3 is 0 Å². The van der Waals surface area contributed by atoms with Crippen molar-refractivity contribution in [2.45, 2.75) is 19.4 Å². The molecule has 0 fully saturated rings. The topological polar surface area (TPSA) is 32.7 Å². The lowest BCUT2D eigenvalue weighted by atomic mass is 9.88. The van der Waals surface area contributed by atoms with Gasteiger partial charge in [0.25, 0.3) is 0 Å². The molecule has 124 valence electrons. The molecule has 0 bridgehead atoms.